The van der Waals surface area contributed by atoms with Gasteiger partial charge in [-0.2, -0.15) is 5.10 Å². The molecule has 0 atom stereocenters. The summed E-state index contributed by atoms with van der Waals surface area (Å²) in [7, 11) is 1.74. The molecule has 0 aliphatic heterocycles. The summed E-state index contributed by atoms with van der Waals surface area (Å²) in [6, 6.07) is 0. The molecule has 0 amide bonds. The molecule has 0 aromatic rings. The molecule has 0 fully saturated rings. The molecule has 3 nitrogen and oxygen atoms in total. The van der Waals surface area contributed by atoms with Crippen LogP contribution in [-0.2, 0) is 0 Å². The Labute approximate surface area is 66.2 Å². The monoisotopic (exact) mass is 157 g/mol. The van der Waals surface area contributed by atoms with E-state index in [1.807, 2.05) is 19.1 Å². The molecule has 10 heavy (non-hydrogen) atoms. The number of allylic oxidation sites excluding steroid dienone is 2. The van der Waals surface area contributed by atoms with Gasteiger partial charge in [-0.3, -0.25) is 5.43 Å². The summed E-state index contributed by atoms with van der Waals surface area (Å²) in [5, 5.41) is 7.01. The zero-order chi connectivity index (χ0) is 7.82. The summed E-state index contributed by atoms with van der Waals surface area (Å²) in [4.78, 5) is 0. The first-order valence-electron chi connectivity index (χ1n) is 2.93. The van der Waals surface area contributed by atoms with Crippen LogP contribution in [0.4, 0.5) is 0 Å². The van der Waals surface area contributed by atoms with E-state index in [0.717, 1.165) is 0 Å². The van der Waals surface area contributed by atoms with Crippen molar-refractivity contribution < 1.29 is 0 Å². The third kappa shape index (κ3) is 5.24. The molecule has 4 heteroatoms. The predicted octanol–water partition coefficient (Wildman–Crippen LogP) is 0.642. The molecule has 0 heterocycles. The molecule has 0 rings (SSSR count). The molecule has 0 aromatic heterocycles. The van der Waals surface area contributed by atoms with E-state index >= 15 is 0 Å². The number of nitrogens with one attached hydrogen (secondary N) is 2. The molecular weight excluding hydrogens is 146 g/mol. The smallest absolute Gasteiger partial charge is 0.186 e. The van der Waals surface area contributed by atoms with Crippen molar-refractivity contribution in [2.24, 2.45) is 5.10 Å². The van der Waals surface area contributed by atoms with Crippen LogP contribution in [0.15, 0.2) is 17.3 Å². The lowest BCUT2D eigenvalue weighted by Gasteiger charge is -1.97. The van der Waals surface area contributed by atoms with Crippen molar-refractivity contribution in [1.29, 1.82) is 0 Å². The van der Waals surface area contributed by atoms with Gasteiger partial charge in [0.25, 0.3) is 0 Å². The van der Waals surface area contributed by atoms with Gasteiger partial charge < -0.3 is 5.32 Å². The first-order chi connectivity index (χ1) is 4.81. The van der Waals surface area contributed by atoms with E-state index in [4.69, 9.17) is 12.2 Å². The summed E-state index contributed by atoms with van der Waals surface area (Å²) < 4.78 is 0. The average molecular weight is 157 g/mol. The van der Waals surface area contributed by atoms with Gasteiger partial charge in [0.15, 0.2) is 5.11 Å². The highest BCUT2D eigenvalue weighted by molar-refractivity contribution is 7.80. The first-order valence-corrected chi connectivity index (χ1v) is 3.34. The minimum absolute atomic E-state index is 0.515. The molecule has 0 bridgehead atoms. The molecule has 0 radical (unpaired) electrons. The van der Waals surface area contributed by atoms with Crippen LogP contribution in [0.1, 0.15) is 6.92 Å². The molecule has 0 saturated carbocycles. The summed E-state index contributed by atoms with van der Waals surface area (Å²) >= 11 is 4.74. The van der Waals surface area contributed by atoms with Crippen molar-refractivity contribution in [3.8, 4) is 0 Å². The zero-order valence-electron chi connectivity index (χ0n) is 6.09. The van der Waals surface area contributed by atoms with E-state index in [1.54, 1.807) is 13.3 Å². The largest absolute Gasteiger partial charge is 0.364 e. The number of hydrazone groups is 1. The van der Waals surface area contributed by atoms with Crippen molar-refractivity contribution in [3.05, 3.63) is 12.2 Å². The van der Waals surface area contributed by atoms with Gasteiger partial charge in [0.05, 0.1) is 0 Å². The van der Waals surface area contributed by atoms with E-state index in [1.165, 1.54) is 0 Å². The lowest BCUT2D eigenvalue weighted by molar-refractivity contribution is 0.983. The van der Waals surface area contributed by atoms with Crippen molar-refractivity contribution in [3.63, 3.8) is 0 Å². The highest BCUT2D eigenvalue weighted by Gasteiger charge is 1.80. The Morgan fingerprint density at radius 2 is 2.30 bits per heavy atom. The summed E-state index contributed by atoms with van der Waals surface area (Å²) in [6.45, 7) is 1.92. The molecule has 56 valence electrons. The lowest BCUT2D eigenvalue weighted by atomic mass is 10.6. The maximum Gasteiger partial charge on any atom is 0.186 e. The molecule has 2 N–H and O–H groups in total. The van der Waals surface area contributed by atoms with Gasteiger partial charge in [-0.15, -0.1) is 0 Å². The highest BCUT2D eigenvalue weighted by Crippen LogP contribution is 1.65. The SMILES string of the molecule is CC=CC=NNC(=S)NC. The minimum atomic E-state index is 0.515. The van der Waals surface area contributed by atoms with Crippen LogP contribution in [-0.4, -0.2) is 18.4 Å². The summed E-state index contributed by atoms with van der Waals surface area (Å²) in [6.07, 6.45) is 5.32. The van der Waals surface area contributed by atoms with Gasteiger partial charge in [0, 0.05) is 13.3 Å². The van der Waals surface area contributed by atoms with Crippen LogP contribution >= 0.6 is 12.2 Å². The fourth-order valence-electron chi connectivity index (χ4n) is 0.281. The molecule has 0 saturated heterocycles. The van der Waals surface area contributed by atoms with Gasteiger partial charge >= 0.3 is 0 Å². The van der Waals surface area contributed by atoms with E-state index < -0.39 is 0 Å². The van der Waals surface area contributed by atoms with E-state index in [9.17, 15) is 0 Å². The molecule has 0 aliphatic rings. The standard InChI is InChI=1S/C6H11N3S/c1-3-4-5-8-9-6(10)7-2/h3-5H,1-2H3,(H2,7,9,10). The maximum atomic E-state index is 4.74. The fraction of sp³-hybridized carbons (Fsp3) is 0.333. The van der Waals surface area contributed by atoms with Gasteiger partial charge in [-0.05, 0) is 25.2 Å². The predicted molar refractivity (Wildman–Crippen MR) is 48.1 cm³/mol. The van der Waals surface area contributed by atoms with Crippen LogP contribution in [0.5, 0.6) is 0 Å². The van der Waals surface area contributed by atoms with Crippen LogP contribution in [0.25, 0.3) is 0 Å². The number of hydrogen-bond donors (Lipinski definition) is 2. The van der Waals surface area contributed by atoms with E-state index in [2.05, 4.69) is 15.8 Å². The van der Waals surface area contributed by atoms with Gasteiger partial charge in [0.2, 0.25) is 0 Å². The van der Waals surface area contributed by atoms with Crippen molar-refractivity contribution in [1.82, 2.24) is 10.7 Å². The zero-order valence-corrected chi connectivity index (χ0v) is 6.90. The Morgan fingerprint density at radius 3 is 2.80 bits per heavy atom. The molecule has 0 aliphatic carbocycles. The Morgan fingerprint density at radius 1 is 1.60 bits per heavy atom. The van der Waals surface area contributed by atoms with Crippen molar-refractivity contribution >= 4 is 23.5 Å². The van der Waals surface area contributed by atoms with Crippen molar-refractivity contribution in [2.75, 3.05) is 7.05 Å². The Balaban J connectivity index is 3.43. The summed E-state index contributed by atoms with van der Waals surface area (Å²) in [5.74, 6) is 0. The number of rotatable bonds is 2. The number of hydrogen-bond acceptors (Lipinski definition) is 2. The van der Waals surface area contributed by atoms with Crippen molar-refractivity contribution in [2.45, 2.75) is 6.92 Å². The second kappa shape index (κ2) is 6.22. The molecule has 0 unspecified atom stereocenters. The van der Waals surface area contributed by atoms with Crippen LogP contribution in [0.3, 0.4) is 0 Å². The molecule has 0 aromatic carbocycles. The quantitative estimate of drug-likeness (QED) is 0.351. The number of thiocarbonyl (C=S) groups is 1. The molecule has 0 spiro atoms. The highest BCUT2D eigenvalue weighted by atomic mass is 32.1. The number of nitrogens with zero attached hydrogens (tertiary/aromatic N) is 1. The Kier molecular flexibility index (Phi) is 5.66. The third-order valence-electron chi connectivity index (χ3n) is 0.746. The minimum Gasteiger partial charge on any atom is -0.364 e. The molecular formula is C6H11N3S. The first kappa shape index (κ1) is 9.10. The Hall–Kier alpha value is -0.900. The second-order valence-electron chi connectivity index (χ2n) is 1.49. The van der Waals surface area contributed by atoms with Gasteiger partial charge in [0.1, 0.15) is 0 Å². The topological polar surface area (TPSA) is 36.4 Å². The fourth-order valence-corrected chi connectivity index (χ4v) is 0.334. The summed E-state index contributed by atoms with van der Waals surface area (Å²) in [5.41, 5.74) is 2.61. The Bertz CT molecular complexity index is 151. The van der Waals surface area contributed by atoms with E-state index in [-0.39, 0.29) is 0 Å². The van der Waals surface area contributed by atoms with Crippen LogP contribution in [0.2, 0.25) is 0 Å². The normalized spacial score (nSPS) is 10.6. The average Bonchev–Trinajstić information content (AvgIpc) is 1.98. The lowest BCUT2D eigenvalue weighted by Crippen LogP contribution is -2.28. The van der Waals surface area contributed by atoms with Crippen LogP contribution in [0, 0.1) is 0 Å². The van der Waals surface area contributed by atoms with Gasteiger partial charge in [-0.1, -0.05) is 6.08 Å². The van der Waals surface area contributed by atoms with Crippen LogP contribution < -0.4 is 10.7 Å². The van der Waals surface area contributed by atoms with E-state index in [0.29, 0.717) is 5.11 Å². The van der Waals surface area contributed by atoms with Gasteiger partial charge in [-0.25, -0.2) is 0 Å². The third-order valence-corrected chi connectivity index (χ3v) is 1.04. The second-order valence-corrected chi connectivity index (χ2v) is 1.90. The maximum absolute atomic E-state index is 4.74.